The predicted octanol–water partition coefficient (Wildman–Crippen LogP) is 14.0. The van der Waals surface area contributed by atoms with Gasteiger partial charge in [-0.3, -0.25) is 9.55 Å². The Morgan fingerprint density at radius 3 is 1.98 bits per heavy atom. The Morgan fingerprint density at radius 1 is 0.569 bits per heavy atom. The van der Waals surface area contributed by atoms with E-state index in [1.165, 1.54) is 12.3 Å². The standard InChI is InChI=1S/C54H45N3O/c1-35-29-45(34-48(36(35)2)39-17-10-7-11-18-39)57-50-21-14-20-46(52(50)56-53(57)47-19-12-13-22-51(47)58)42-30-41(37-15-8-6-9-16-37)31-43(32-42)49-33-40(27-28-55-49)38-23-25-44(26-24-38)54(3,4)5/h6-34,58H,1-5H3/i3D3,4D3,5D3,23D,24D,25D,26D. The van der Waals surface area contributed by atoms with Crippen molar-refractivity contribution in [1.29, 1.82) is 0 Å². The van der Waals surface area contributed by atoms with Crippen LogP contribution in [0.4, 0.5) is 0 Å². The van der Waals surface area contributed by atoms with E-state index in [-0.39, 0.29) is 16.9 Å². The number of para-hydroxylation sites is 2. The van der Waals surface area contributed by atoms with Crippen LogP contribution in [0.15, 0.2) is 176 Å². The number of imidazole rings is 1. The zero-order chi connectivity index (χ0) is 50.9. The van der Waals surface area contributed by atoms with Gasteiger partial charge in [-0.15, -0.1) is 0 Å². The van der Waals surface area contributed by atoms with Gasteiger partial charge in [-0.1, -0.05) is 130 Å². The number of phenolic OH excluding ortho intramolecular Hbond substituents is 1. The lowest BCUT2D eigenvalue weighted by Crippen LogP contribution is -2.10. The number of hydrogen-bond acceptors (Lipinski definition) is 3. The number of benzene rings is 7. The molecule has 7 aromatic carbocycles. The molecule has 58 heavy (non-hydrogen) atoms. The maximum atomic E-state index is 11.3. The summed E-state index contributed by atoms with van der Waals surface area (Å²) < 4.78 is 112. The van der Waals surface area contributed by atoms with Gasteiger partial charge in [-0.2, -0.15) is 0 Å². The van der Waals surface area contributed by atoms with Crippen molar-refractivity contribution in [3.8, 4) is 78.6 Å². The molecule has 4 nitrogen and oxygen atoms in total. The van der Waals surface area contributed by atoms with Gasteiger partial charge in [0.2, 0.25) is 0 Å². The normalized spacial score (nSPS) is 15.5. The maximum absolute atomic E-state index is 11.3. The van der Waals surface area contributed by atoms with Crippen LogP contribution >= 0.6 is 0 Å². The lowest BCUT2D eigenvalue weighted by Gasteiger charge is -2.19. The van der Waals surface area contributed by atoms with Gasteiger partial charge in [0.25, 0.3) is 0 Å². The first-order valence-electron chi connectivity index (χ1n) is 25.3. The van der Waals surface area contributed by atoms with Crippen LogP contribution in [0.3, 0.4) is 0 Å². The fourth-order valence-electron chi connectivity index (χ4n) is 7.44. The molecule has 2 aromatic heterocycles. The minimum absolute atomic E-state index is 0.0552. The zero-order valence-electron chi connectivity index (χ0n) is 44.7. The first-order chi connectivity index (χ1) is 33.5. The van der Waals surface area contributed by atoms with E-state index in [0.29, 0.717) is 28.2 Å². The van der Waals surface area contributed by atoms with Gasteiger partial charge in [0, 0.05) is 35.3 Å². The second-order valence-corrected chi connectivity index (χ2v) is 14.4. The van der Waals surface area contributed by atoms with Gasteiger partial charge in [0.1, 0.15) is 11.6 Å². The van der Waals surface area contributed by atoms with Gasteiger partial charge in [0.15, 0.2) is 0 Å². The number of aromatic nitrogens is 3. The fraction of sp³-hybridized carbons (Fsp3) is 0.111. The molecule has 0 amide bonds. The van der Waals surface area contributed by atoms with Crippen molar-refractivity contribution in [3.63, 3.8) is 0 Å². The minimum Gasteiger partial charge on any atom is -0.507 e. The van der Waals surface area contributed by atoms with Crippen LogP contribution in [0, 0.1) is 13.8 Å². The lowest BCUT2D eigenvalue weighted by atomic mass is 9.86. The average molecular weight is 765 g/mol. The second-order valence-electron chi connectivity index (χ2n) is 14.4. The van der Waals surface area contributed by atoms with Crippen molar-refractivity contribution in [3.05, 3.63) is 193 Å². The van der Waals surface area contributed by atoms with Crippen molar-refractivity contribution in [2.24, 2.45) is 0 Å². The molecule has 0 aliphatic heterocycles. The summed E-state index contributed by atoms with van der Waals surface area (Å²) in [5, 5.41) is 11.3. The average Bonchev–Trinajstić information content (AvgIpc) is 3.72. The highest BCUT2D eigenvalue weighted by Gasteiger charge is 2.22. The molecule has 0 bridgehead atoms. The largest absolute Gasteiger partial charge is 0.507 e. The zero-order valence-corrected chi connectivity index (χ0v) is 31.7. The molecule has 0 saturated carbocycles. The van der Waals surface area contributed by atoms with Crippen LogP contribution in [0.25, 0.3) is 83.9 Å². The third-order valence-electron chi connectivity index (χ3n) is 10.5. The van der Waals surface area contributed by atoms with E-state index >= 15 is 0 Å². The summed E-state index contributed by atoms with van der Waals surface area (Å²) in [5.41, 5.74) is 5.99. The molecule has 0 spiro atoms. The number of hydrogen-bond donors (Lipinski definition) is 1. The molecule has 1 N–H and O–H groups in total. The summed E-state index contributed by atoms with van der Waals surface area (Å²) in [5.74, 6) is 0.570. The molecule has 0 unspecified atom stereocenters. The number of phenols is 1. The highest BCUT2D eigenvalue weighted by Crippen LogP contribution is 2.41. The number of nitrogens with zero attached hydrogens (tertiary/aromatic N) is 3. The van der Waals surface area contributed by atoms with Crippen LogP contribution < -0.4 is 0 Å². The lowest BCUT2D eigenvalue weighted by molar-refractivity contribution is 0.477. The Kier molecular flexibility index (Phi) is 6.27. The third kappa shape index (κ3) is 6.88. The Bertz CT molecular complexity index is 3460. The number of aryl methyl sites for hydroxylation is 1. The molecule has 0 saturated heterocycles. The van der Waals surface area contributed by atoms with Crippen molar-refractivity contribution in [2.75, 3.05) is 0 Å². The summed E-state index contributed by atoms with van der Waals surface area (Å²) in [7, 11) is 0. The molecule has 282 valence electrons. The maximum Gasteiger partial charge on any atom is 0.149 e. The molecule has 9 rings (SSSR count). The van der Waals surface area contributed by atoms with Crippen molar-refractivity contribution < 1.29 is 22.9 Å². The molecule has 4 heteroatoms. The summed E-state index contributed by atoms with van der Waals surface area (Å²) in [4.78, 5) is 10.0. The van der Waals surface area contributed by atoms with Crippen LogP contribution in [-0.2, 0) is 5.41 Å². The highest BCUT2D eigenvalue weighted by atomic mass is 16.3. The molecule has 0 atom stereocenters. The van der Waals surface area contributed by atoms with E-state index in [0.717, 1.165) is 55.7 Å². The smallest absolute Gasteiger partial charge is 0.149 e. The van der Waals surface area contributed by atoms with E-state index in [4.69, 9.17) is 27.8 Å². The van der Waals surface area contributed by atoms with Crippen molar-refractivity contribution in [2.45, 2.75) is 39.8 Å². The summed E-state index contributed by atoms with van der Waals surface area (Å²) in [6.45, 7) is -7.25. The minimum atomic E-state index is -3.81. The molecular formula is C54H45N3O. The highest BCUT2D eigenvalue weighted by molar-refractivity contribution is 5.98. The number of fused-ring (bicyclic) bond motifs is 1. The quantitative estimate of drug-likeness (QED) is 0.176. The summed E-state index contributed by atoms with van der Waals surface area (Å²) >= 11 is 0. The second kappa shape index (κ2) is 14.8. The Labute approximate surface area is 359 Å². The van der Waals surface area contributed by atoms with E-state index in [1.807, 2.05) is 97.1 Å². The van der Waals surface area contributed by atoms with E-state index in [1.54, 1.807) is 18.2 Å². The van der Waals surface area contributed by atoms with Gasteiger partial charge in [-0.05, 0) is 136 Å². The Morgan fingerprint density at radius 2 is 1.24 bits per heavy atom. The summed E-state index contributed by atoms with van der Waals surface area (Å²) in [6.07, 6.45) is 1.42. The third-order valence-corrected chi connectivity index (χ3v) is 10.5. The van der Waals surface area contributed by atoms with E-state index < -0.39 is 55.7 Å². The van der Waals surface area contributed by atoms with Crippen LogP contribution in [0.2, 0.25) is 0 Å². The van der Waals surface area contributed by atoms with Crippen molar-refractivity contribution >= 4 is 11.0 Å². The number of rotatable bonds is 7. The molecule has 9 aromatic rings. The first kappa shape index (κ1) is 24.6. The number of aromatic hydroxyl groups is 1. The molecule has 0 radical (unpaired) electrons. The van der Waals surface area contributed by atoms with Gasteiger partial charge < -0.3 is 5.11 Å². The van der Waals surface area contributed by atoms with Crippen molar-refractivity contribution in [1.82, 2.24) is 14.5 Å². The van der Waals surface area contributed by atoms with Gasteiger partial charge in [-0.25, -0.2) is 4.98 Å². The van der Waals surface area contributed by atoms with Crippen LogP contribution in [0.5, 0.6) is 5.75 Å². The SMILES string of the molecule is [2H]c1c([2H])c(C(C([2H])([2H])[2H])(C([2H])([2H])[2H])C([2H])([2H])[2H])c([2H])c([2H])c1-c1ccnc(-c2cc(-c3ccccc3)cc(-c3cccc4c3nc(-c3ccccc3O)n4-c3cc(C)c(C)c(-c4ccccc4)c3)c2)c1. The van der Waals surface area contributed by atoms with Crippen LogP contribution in [-0.4, -0.2) is 19.6 Å². The monoisotopic (exact) mass is 764 g/mol. The van der Waals surface area contributed by atoms with Gasteiger partial charge in [0.05, 0.1) is 27.8 Å². The summed E-state index contributed by atoms with van der Waals surface area (Å²) in [6, 6.07) is 42.1. The molecule has 0 aliphatic carbocycles. The fourth-order valence-corrected chi connectivity index (χ4v) is 7.44. The molecule has 2 heterocycles. The first-order valence-corrected chi connectivity index (χ1v) is 18.8. The topological polar surface area (TPSA) is 50.9 Å². The van der Waals surface area contributed by atoms with E-state index in [2.05, 4.69) is 42.7 Å². The molecule has 0 aliphatic rings. The number of pyridine rings is 1. The molecular weight excluding hydrogens is 707 g/mol. The van der Waals surface area contributed by atoms with E-state index in [9.17, 15) is 5.11 Å². The predicted molar refractivity (Wildman–Crippen MR) is 241 cm³/mol. The Balaban J connectivity index is 1.26. The molecule has 0 fully saturated rings. The Hall–Kier alpha value is -7.04. The van der Waals surface area contributed by atoms with Crippen LogP contribution in [0.1, 0.15) is 55.1 Å². The van der Waals surface area contributed by atoms with Gasteiger partial charge >= 0.3 is 0 Å².